The lowest BCUT2D eigenvalue weighted by molar-refractivity contribution is 0.0936. The smallest absolute Gasteiger partial charge is 0.252 e. The molecule has 0 saturated carbocycles. The molecule has 0 saturated heterocycles. The first-order valence-electron chi connectivity index (χ1n) is 8.72. The number of imidazole rings is 1. The van der Waals surface area contributed by atoms with Crippen molar-refractivity contribution in [1.82, 2.24) is 24.7 Å². The lowest BCUT2D eigenvalue weighted by Crippen LogP contribution is -2.28. The molecule has 3 aromatic heterocycles. The Hall–Kier alpha value is -3.35. The van der Waals surface area contributed by atoms with E-state index in [0.29, 0.717) is 34.4 Å². The Bertz CT molecular complexity index is 1120. The highest BCUT2D eigenvalue weighted by Crippen LogP contribution is 2.22. The number of fused-ring (bicyclic) bond motifs is 2. The maximum absolute atomic E-state index is 13.5. The molecule has 0 spiro atoms. The van der Waals surface area contributed by atoms with Crippen molar-refractivity contribution in [3.8, 4) is 0 Å². The van der Waals surface area contributed by atoms with Gasteiger partial charge in [0, 0.05) is 35.7 Å². The first kappa shape index (κ1) is 17.1. The van der Waals surface area contributed by atoms with Crippen molar-refractivity contribution in [2.75, 3.05) is 0 Å². The molecule has 0 bridgehead atoms. The van der Waals surface area contributed by atoms with Gasteiger partial charge < -0.3 is 5.32 Å². The van der Waals surface area contributed by atoms with Gasteiger partial charge in [0.05, 0.1) is 22.8 Å². The van der Waals surface area contributed by atoms with Crippen molar-refractivity contribution in [3.63, 3.8) is 0 Å². The molecule has 7 heteroatoms. The van der Waals surface area contributed by atoms with Crippen LogP contribution in [0.25, 0.3) is 16.7 Å². The number of pyridine rings is 1. The van der Waals surface area contributed by atoms with Crippen molar-refractivity contribution in [2.45, 2.75) is 26.3 Å². The molecule has 0 aliphatic rings. The van der Waals surface area contributed by atoms with E-state index < -0.39 is 0 Å². The number of hydrogen-bond donors (Lipinski definition) is 1. The second-order valence-corrected chi connectivity index (χ2v) is 6.40. The fourth-order valence-electron chi connectivity index (χ4n) is 3.16. The number of aromatic nitrogens is 4. The molecule has 4 aromatic rings. The van der Waals surface area contributed by atoms with Gasteiger partial charge in [-0.15, -0.1) is 0 Å². The van der Waals surface area contributed by atoms with Crippen LogP contribution in [0.4, 0.5) is 4.39 Å². The Morgan fingerprint density at radius 3 is 2.93 bits per heavy atom. The average molecular weight is 363 g/mol. The maximum Gasteiger partial charge on any atom is 0.252 e. The first-order valence-corrected chi connectivity index (χ1v) is 8.72. The normalized spacial score (nSPS) is 12.4. The maximum atomic E-state index is 13.5. The zero-order chi connectivity index (χ0) is 19.0. The molecule has 3 heterocycles. The van der Waals surface area contributed by atoms with Gasteiger partial charge in [-0.05, 0) is 37.6 Å². The average Bonchev–Trinajstić information content (AvgIpc) is 3.08. The van der Waals surface area contributed by atoms with Crippen molar-refractivity contribution in [1.29, 1.82) is 0 Å². The van der Waals surface area contributed by atoms with E-state index in [9.17, 15) is 9.18 Å². The first-order chi connectivity index (χ1) is 13.0. The summed E-state index contributed by atoms with van der Waals surface area (Å²) in [5.41, 5.74) is 2.33. The molecular formula is C20H18FN5O. The fraction of sp³-hybridized carbons (Fsp3) is 0.200. The molecule has 0 radical (unpaired) electrons. The fourth-order valence-corrected chi connectivity index (χ4v) is 3.16. The Morgan fingerprint density at radius 1 is 1.30 bits per heavy atom. The van der Waals surface area contributed by atoms with Crippen molar-refractivity contribution in [2.24, 2.45) is 0 Å². The topological polar surface area (TPSA) is 72.2 Å². The second-order valence-electron chi connectivity index (χ2n) is 6.40. The predicted octanol–water partition coefficient (Wildman–Crippen LogP) is 3.61. The lowest BCUT2D eigenvalue weighted by atomic mass is 10.1. The predicted molar refractivity (Wildman–Crippen MR) is 99.9 cm³/mol. The number of halogens is 1. The molecule has 136 valence electrons. The quantitative estimate of drug-likeness (QED) is 0.601. The number of aryl methyl sites for hydroxylation is 1. The number of rotatable bonds is 4. The van der Waals surface area contributed by atoms with Crippen LogP contribution in [0.1, 0.15) is 41.1 Å². The van der Waals surface area contributed by atoms with Crippen molar-refractivity contribution in [3.05, 3.63) is 71.7 Å². The Labute approximate surface area is 155 Å². The van der Waals surface area contributed by atoms with Gasteiger partial charge in [0.2, 0.25) is 5.78 Å². The van der Waals surface area contributed by atoms with Crippen molar-refractivity contribution >= 4 is 22.6 Å². The van der Waals surface area contributed by atoms with Crippen LogP contribution in [0.5, 0.6) is 0 Å². The Balaban J connectivity index is 1.69. The summed E-state index contributed by atoms with van der Waals surface area (Å²) in [6, 6.07) is 7.53. The van der Waals surface area contributed by atoms with E-state index in [0.717, 1.165) is 5.69 Å². The Morgan fingerprint density at radius 2 is 2.15 bits per heavy atom. The van der Waals surface area contributed by atoms with Gasteiger partial charge in [0.15, 0.2) is 0 Å². The summed E-state index contributed by atoms with van der Waals surface area (Å²) < 4.78 is 15.3. The van der Waals surface area contributed by atoms with Gasteiger partial charge in [-0.25, -0.2) is 14.4 Å². The standard InChI is InChI=1S/C20H18FN5O/c1-3-16(18-11-26-8-4-7-22-20(26)25-18)24-19(27)15-9-12(2)23-17-10-13(21)5-6-14(15)17/h4-11,16H,3H2,1-2H3,(H,24,27). The summed E-state index contributed by atoms with van der Waals surface area (Å²) in [4.78, 5) is 26.0. The highest BCUT2D eigenvalue weighted by molar-refractivity contribution is 6.06. The number of hydrogen-bond acceptors (Lipinski definition) is 4. The number of carbonyl (C=O) groups excluding carboxylic acids is 1. The molecule has 1 aromatic carbocycles. The van der Waals surface area contributed by atoms with E-state index in [1.807, 2.05) is 29.8 Å². The summed E-state index contributed by atoms with van der Waals surface area (Å²) in [6.07, 6.45) is 6.08. The molecule has 6 nitrogen and oxygen atoms in total. The van der Waals surface area contributed by atoms with Gasteiger partial charge >= 0.3 is 0 Å². The van der Waals surface area contributed by atoms with Crippen LogP contribution >= 0.6 is 0 Å². The molecule has 1 amide bonds. The molecule has 4 rings (SSSR count). The minimum Gasteiger partial charge on any atom is -0.344 e. The van der Waals surface area contributed by atoms with Crippen LogP contribution < -0.4 is 5.32 Å². The number of carbonyl (C=O) groups is 1. The SMILES string of the molecule is CCC(NC(=O)c1cc(C)nc2cc(F)ccc12)c1cn2cccnc2n1. The third-order valence-corrected chi connectivity index (χ3v) is 4.47. The third-order valence-electron chi connectivity index (χ3n) is 4.47. The summed E-state index contributed by atoms with van der Waals surface area (Å²) >= 11 is 0. The molecule has 1 N–H and O–H groups in total. The van der Waals surface area contributed by atoms with Crippen molar-refractivity contribution < 1.29 is 9.18 Å². The van der Waals surface area contributed by atoms with E-state index in [4.69, 9.17) is 0 Å². The van der Waals surface area contributed by atoms with Crippen LogP contribution in [0, 0.1) is 12.7 Å². The second kappa shape index (κ2) is 6.75. The van der Waals surface area contributed by atoms with E-state index in [-0.39, 0.29) is 17.8 Å². The highest BCUT2D eigenvalue weighted by Gasteiger charge is 2.19. The van der Waals surface area contributed by atoms with Crippen LogP contribution in [0.15, 0.2) is 48.9 Å². The zero-order valence-electron chi connectivity index (χ0n) is 15.0. The monoisotopic (exact) mass is 363 g/mol. The third kappa shape index (κ3) is 3.23. The molecular weight excluding hydrogens is 345 g/mol. The van der Waals surface area contributed by atoms with Gasteiger partial charge in [-0.1, -0.05) is 6.92 Å². The Kier molecular flexibility index (Phi) is 4.27. The molecule has 27 heavy (non-hydrogen) atoms. The molecule has 1 atom stereocenters. The molecule has 1 unspecified atom stereocenters. The summed E-state index contributed by atoms with van der Waals surface area (Å²) in [5.74, 6) is -0.0366. The highest BCUT2D eigenvalue weighted by atomic mass is 19.1. The molecule has 0 aliphatic carbocycles. The van der Waals surface area contributed by atoms with Gasteiger partial charge in [-0.2, -0.15) is 0 Å². The number of nitrogens with zero attached hydrogens (tertiary/aromatic N) is 4. The van der Waals surface area contributed by atoms with E-state index in [1.165, 1.54) is 12.1 Å². The van der Waals surface area contributed by atoms with E-state index >= 15 is 0 Å². The summed E-state index contributed by atoms with van der Waals surface area (Å²) in [5, 5.41) is 3.65. The summed E-state index contributed by atoms with van der Waals surface area (Å²) in [7, 11) is 0. The number of benzene rings is 1. The van der Waals surface area contributed by atoms with Crippen LogP contribution in [0.2, 0.25) is 0 Å². The minimum atomic E-state index is -0.379. The number of nitrogens with one attached hydrogen (secondary N) is 1. The zero-order valence-corrected chi connectivity index (χ0v) is 15.0. The van der Waals surface area contributed by atoms with E-state index in [1.54, 1.807) is 25.3 Å². The molecule has 0 fully saturated rings. The number of amides is 1. The summed E-state index contributed by atoms with van der Waals surface area (Å²) in [6.45, 7) is 3.76. The lowest BCUT2D eigenvalue weighted by Gasteiger charge is -2.16. The van der Waals surface area contributed by atoms with Gasteiger partial charge in [0.25, 0.3) is 5.91 Å². The molecule has 0 aliphatic heterocycles. The minimum absolute atomic E-state index is 0.242. The van der Waals surface area contributed by atoms with Gasteiger partial charge in [0.1, 0.15) is 5.82 Å². The van der Waals surface area contributed by atoms with Crippen LogP contribution in [0.3, 0.4) is 0 Å². The van der Waals surface area contributed by atoms with Crippen LogP contribution in [-0.2, 0) is 0 Å². The van der Waals surface area contributed by atoms with Gasteiger partial charge in [-0.3, -0.25) is 14.2 Å². The van der Waals surface area contributed by atoms with Crippen LogP contribution in [-0.4, -0.2) is 25.3 Å². The van der Waals surface area contributed by atoms with E-state index in [2.05, 4.69) is 20.3 Å². The largest absolute Gasteiger partial charge is 0.344 e.